The molecule has 0 saturated heterocycles. The Balaban J connectivity index is 3.11. The molecule has 0 aromatic rings. The molecule has 0 aromatic carbocycles. The Morgan fingerprint density at radius 2 is 1.48 bits per heavy atom. The molecule has 1 rings (SSSR count). The number of methoxy groups -OCH3 is 2. The highest BCUT2D eigenvalue weighted by atomic mass is 28.4. The van der Waals surface area contributed by atoms with Gasteiger partial charge in [0.15, 0.2) is 14.2 Å². The highest BCUT2D eigenvalue weighted by molar-refractivity contribution is 6.74. The van der Waals surface area contributed by atoms with Crippen molar-refractivity contribution in [3.8, 4) is 0 Å². The number of rotatable bonds is 5. The normalized spacial score (nSPS) is 21.4. The molecule has 0 heterocycles. The summed E-state index contributed by atoms with van der Waals surface area (Å²) in [5, 5.41) is 0.0264. The topological polar surface area (TPSA) is 61.8 Å². The van der Waals surface area contributed by atoms with Crippen molar-refractivity contribution in [2.75, 3.05) is 14.2 Å². The van der Waals surface area contributed by atoms with Gasteiger partial charge in [0, 0.05) is 5.92 Å². The fourth-order valence-corrected chi connectivity index (χ4v) is 3.47. The van der Waals surface area contributed by atoms with Crippen molar-refractivity contribution in [3.05, 3.63) is 24.3 Å². The van der Waals surface area contributed by atoms with E-state index in [1.165, 1.54) is 14.2 Å². The summed E-state index contributed by atoms with van der Waals surface area (Å²) in [7, 11) is 0.477. The van der Waals surface area contributed by atoms with Crippen LogP contribution in [-0.4, -0.2) is 40.6 Å². The van der Waals surface area contributed by atoms with Crippen molar-refractivity contribution < 1.29 is 23.5 Å². The molecule has 0 N–H and O–H groups in total. The molecule has 1 aliphatic carbocycles. The number of hydrogen-bond donors (Lipinski definition) is 0. The van der Waals surface area contributed by atoms with Crippen molar-refractivity contribution in [2.24, 2.45) is 11.8 Å². The minimum absolute atomic E-state index is 0.0264. The van der Waals surface area contributed by atoms with Crippen molar-refractivity contribution in [2.45, 2.75) is 45.0 Å². The first-order chi connectivity index (χ1) is 10.5. The van der Waals surface area contributed by atoms with Gasteiger partial charge in [-0.2, -0.15) is 0 Å². The van der Waals surface area contributed by atoms with Crippen LogP contribution in [0.5, 0.6) is 0 Å². The lowest BCUT2D eigenvalue weighted by atomic mass is 9.85. The van der Waals surface area contributed by atoms with Crippen LogP contribution in [0.25, 0.3) is 0 Å². The van der Waals surface area contributed by atoms with Crippen LogP contribution in [0.2, 0.25) is 18.1 Å². The number of esters is 2. The Morgan fingerprint density at radius 1 is 1.00 bits per heavy atom. The number of ether oxygens (including phenoxy) is 2. The standard InChI is InChI=1S/C17H28O5Si/c1-17(2,3)23(6,7)22-13-11-9-8-10-12(13)14(15(18)20-4)16(19)21-5/h8-14H,1-7H3/t12-,13-/m1/s1. The van der Waals surface area contributed by atoms with Gasteiger partial charge in [-0.25, -0.2) is 0 Å². The van der Waals surface area contributed by atoms with Crippen LogP contribution in [0, 0.1) is 11.8 Å². The van der Waals surface area contributed by atoms with Crippen molar-refractivity contribution in [1.29, 1.82) is 0 Å². The van der Waals surface area contributed by atoms with E-state index in [1.807, 2.05) is 24.3 Å². The molecule has 0 saturated carbocycles. The van der Waals surface area contributed by atoms with E-state index in [0.29, 0.717) is 0 Å². The van der Waals surface area contributed by atoms with E-state index in [4.69, 9.17) is 13.9 Å². The van der Waals surface area contributed by atoms with Gasteiger partial charge in [0.25, 0.3) is 0 Å². The second-order valence-electron chi connectivity index (χ2n) is 7.21. The maximum atomic E-state index is 12.1. The van der Waals surface area contributed by atoms with Crippen LogP contribution >= 0.6 is 0 Å². The maximum Gasteiger partial charge on any atom is 0.320 e. The van der Waals surface area contributed by atoms with Crippen molar-refractivity contribution >= 4 is 20.3 Å². The summed E-state index contributed by atoms with van der Waals surface area (Å²) in [6.07, 6.45) is 7.04. The summed E-state index contributed by atoms with van der Waals surface area (Å²) in [4.78, 5) is 24.2. The summed E-state index contributed by atoms with van der Waals surface area (Å²) in [6.45, 7) is 10.7. The molecular formula is C17H28O5Si. The summed E-state index contributed by atoms with van der Waals surface area (Å²) >= 11 is 0. The summed E-state index contributed by atoms with van der Waals surface area (Å²) in [6, 6.07) is 0. The molecule has 23 heavy (non-hydrogen) atoms. The average Bonchev–Trinajstić information content (AvgIpc) is 2.47. The molecule has 0 aromatic heterocycles. The molecule has 1 aliphatic rings. The SMILES string of the molecule is COC(=O)C(C(=O)OC)[C@@H]1C=CC=C[C@H]1O[Si](C)(C)C(C)(C)C. The van der Waals surface area contributed by atoms with E-state index in [0.717, 1.165) is 0 Å². The predicted octanol–water partition coefficient (Wildman–Crippen LogP) is 3.08. The summed E-state index contributed by atoms with van der Waals surface area (Å²) in [5.41, 5.74) is 0. The quantitative estimate of drug-likeness (QED) is 0.437. The largest absolute Gasteiger partial charge is 0.468 e. The Morgan fingerprint density at radius 3 is 1.91 bits per heavy atom. The smallest absolute Gasteiger partial charge is 0.320 e. The second kappa shape index (κ2) is 7.44. The van der Waals surface area contributed by atoms with E-state index >= 15 is 0 Å². The van der Waals surface area contributed by atoms with Gasteiger partial charge >= 0.3 is 11.9 Å². The van der Waals surface area contributed by atoms with Gasteiger partial charge in [0.1, 0.15) is 0 Å². The van der Waals surface area contributed by atoms with Crippen LogP contribution in [0.3, 0.4) is 0 Å². The fourth-order valence-electron chi connectivity index (χ4n) is 2.20. The highest BCUT2D eigenvalue weighted by Gasteiger charge is 2.45. The Bertz CT molecular complexity index is 486. The first-order valence-corrected chi connectivity index (χ1v) is 10.6. The van der Waals surface area contributed by atoms with Crippen LogP contribution in [0.4, 0.5) is 0 Å². The molecule has 0 aliphatic heterocycles. The third kappa shape index (κ3) is 4.54. The van der Waals surface area contributed by atoms with E-state index in [2.05, 4.69) is 33.9 Å². The zero-order valence-corrected chi connectivity index (χ0v) is 16.1. The lowest BCUT2D eigenvalue weighted by Gasteiger charge is -2.41. The fraction of sp³-hybridized carbons (Fsp3) is 0.647. The van der Waals surface area contributed by atoms with Gasteiger partial charge in [-0.3, -0.25) is 9.59 Å². The molecule has 0 fully saturated rings. The van der Waals surface area contributed by atoms with E-state index in [-0.39, 0.29) is 11.1 Å². The Labute approximate surface area is 139 Å². The van der Waals surface area contributed by atoms with Crippen molar-refractivity contribution in [1.82, 2.24) is 0 Å². The molecule has 0 radical (unpaired) electrons. The minimum atomic E-state index is -2.06. The molecule has 6 heteroatoms. The van der Waals surface area contributed by atoms with Crippen molar-refractivity contribution in [3.63, 3.8) is 0 Å². The second-order valence-corrected chi connectivity index (χ2v) is 12.0. The highest BCUT2D eigenvalue weighted by Crippen LogP contribution is 2.39. The zero-order chi connectivity index (χ0) is 17.8. The monoisotopic (exact) mass is 340 g/mol. The predicted molar refractivity (Wildman–Crippen MR) is 91.4 cm³/mol. The van der Waals surface area contributed by atoms with Crippen LogP contribution in [-0.2, 0) is 23.5 Å². The molecular weight excluding hydrogens is 312 g/mol. The van der Waals surface area contributed by atoms with E-state index in [1.54, 1.807) is 0 Å². The molecule has 0 amide bonds. The summed E-state index contributed by atoms with van der Waals surface area (Å²) < 4.78 is 16.0. The third-order valence-corrected chi connectivity index (χ3v) is 9.13. The number of carbonyl (C=O) groups is 2. The molecule has 0 unspecified atom stereocenters. The number of hydrogen-bond acceptors (Lipinski definition) is 5. The maximum absolute atomic E-state index is 12.1. The number of allylic oxidation sites excluding steroid dienone is 2. The van der Waals surface area contributed by atoms with E-state index in [9.17, 15) is 9.59 Å². The van der Waals surface area contributed by atoms with Gasteiger partial charge < -0.3 is 13.9 Å². The summed E-state index contributed by atoms with van der Waals surface area (Å²) in [5.74, 6) is -2.67. The van der Waals surface area contributed by atoms with Gasteiger partial charge in [-0.15, -0.1) is 0 Å². The van der Waals surface area contributed by atoms with Crippen LogP contribution in [0.15, 0.2) is 24.3 Å². The molecule has 0 bridgehead atoms. The molecule has 2 atom stereocenters. The molecule has 5 nitrogen and oxygen atoms in total. The van der Waals surface area contributed by atoms with E-state index < -0.39 is 32.1 Å². The number of carbonyl (C=O) groups excluding carboxylic acids is 2. The molecule has 0 spiro atoms. The van der Waals surface area contributed by atoms with Gasteiger partial charge in [0.05, 0.1) is 20.3 Å². The average molecular weight is 340 g/mol. The first kappa shape index (κ1) is 19.6. The Hall–Kier alpha value is -1.40. The molecule has 130 valence electrons. The van der Waals surface area contributed by atoms with Gasteiger partial charge in [-0.1, -0.05) is 45.1 Å². The van der Waals surface area contributed by atoms with Crippen LogP contribution in [0.1, 0.15) is 20.8 Å². The Kier molecular flexibility index (Phi) is 6.36. The lowest BCUT2D eigenvalue weighted by molar-refractivity contribution is -0.162. The minimum Gasteiger partial charge on any atom is -0.468 e. The lowest BCUT2D eigenvalue weighted by Crippen LogP contribution is -2.48. The first-order valence-electron chi connectivity index (χ1n) is 7.73. The third-order valence-electron chi connectivity index (χ3n) is 4.66. The zero-order valence-electron chi connectivity index (χ0n) is 15.1. The van der Waals surface area contributed by atoms with Gasteiger partial charge in [-0.05, 0) is 18.1 Å². The van der Waals surface area contributed by atoms with Crippen LogP contribution < -0.4 is 0 Å². The van der Waals surface area contributed by atoms with Gasteiger partial charge in [0.2, 0.25) is 0 Å².